The maximum absolute atomic E-state index is 8.95. The summed E-state index contributed by atoms with van der Waals surface area (Å²) >= 11 is 4.95. The van der Waals surface area contributed by atoms with Crippen LogP contribution in [0, 0.1) is 5.92 Å². The molecule has 0 radical (unpaired) electrons. The number of aliphatic hydroxyl groups excluding tert-OH is 1. The van der Waals surface area contributed by atoms with Crippen LogP contribution in [0.15, 0.2) is 0 Å². The lowest BCUT2D eigenvalue weighted by molar-refractivity contribution is 0.0954. The van der Waals surface area contributed by atoms with Gasteiger partial charge in [-0.25, -0.2) is 0 Å². The lowest BCUT2D eigenvalue weighted by Crippen LogP contribution is -2.45. The SMILES string of the molecule is CC(CN(CCO)C1CCC1)C(N)=S. The molecule has 14 heavy (non-hydrogen) atoms. The van der Waals surface area contributed by atoms with Gasteiger partial charge in [-0.2, -0.15) is 0 Å². The molecule has 3 nitrogen and oxygen atoms in total. The lowest BCUT2D eigenvalue weighted by Gasteiger charge is -2.38. The number of nitrogens with zero attached hydrogens (tertiary/aromatic N) is 1. The summed E-state index contributed by atoms with van der Waals surface area (Å²) < 4.78 is 0. The number of hydrogen-bond donors (Lipinski definition) is 2. The van der Waals surface area contributed by atoms with E-state index in [1.165, 1.54) is 19.3 Å². The van der Waals surface area contributed by atoms with Crippen LogP contribution in [0.25, 0.3) is 0 Å². The highest BCUT2D eigenvalue weighted by Gasteiger charge is 2.25. The first-order chi connectivity index (χ1) is 6.65. The second-order valence-corrected chi connectivity index (χ2v) is 4.58. The first-order valence-corrected chi connectivity index (χ1v) is 5.70. The molecule has 0 aromatic heterocycles. The van der Waals surface area contributed by atoms with Crippen LogP contribution in [0.5, 0.6) is 0 Å². The van der Waals surface area contributed by atoms with E-state index in [0.717, 1.165) is 13.1 Å². The Morgan fingerprint density at radius 2 is 2.29 bits per heavy atom. The van der Waals surface area contributed by atoms with E-state index in [2.05, 4.69) is 4.90 Å². The fraction of sp³-hybridized carbons (Fsp3) is 0.900. The fourth-order valence-electron chi connectivity index (χ4n) is 1.74. The molecule has 0 bridgehead atoms. The predicted octanol–water partition coefficient (Wildman–Crippen LogP) is 0.755. The third-order valence-corrected chi connectivity index (χ3v) is 3.37. The molecular weight excluding hydrogens is 196 g/mol. The van der Waals surface area contributed by atoms with Crippen molar-refractivity contribution in [3.63, 3.8) is 0 Å². The minimum atomic E-state index is 0.223. The van der Waals surface area contributed by atoms with E-state index in [-0.39, 0.29) is 12.5 Å². The molecule has 1 rings (SSSR count). The van der Waals surface area contributed by atoms with Gasteiger partial charge < -0.3 is 10.8 Å². The number of aliphatic hydroxyl groups is 1. The second-order valence-electron chi connectivity index (χ2n) is 4.11. The van der Waals surface area contributed by atoms with Crippen LogP contribution in [0.1, 0.15) is 26.2 Å². The van der Waals surface area contributed by atoms with E-state index in [4.69, 9.17) is 23.1 Å². The van der Waals surface area contributed by atoms with Crippen LogP contribution in [-0.4, -0.2) is 40.7 Å². The van der Waals surface area contributed by atoms with Gasteiger partial charge in [0.2, 0.25) is 0 Å². The van der Waals surface area contributed by atoms with Gasteiger partial charge >= 0.3 is 0 Å². The Morgan fingerprint density at radius 1 is 1.64 bits per heavy atom. The Kier molecular flexibility index (Phi) is 4.78. The molecule has 1 aliphatic carbocycles. The number of nitrogens with two attached hydrogens (primary N) is 1. The van der Waals surface area contributed by atoms with Crippen LogP contribution in [0.4, 0.5) is 0 Å². The standard InChI is InChI=1S/C10H20N2OS/c1-8(10(11)14)7-12(5-6-13)9-3-2-4-9/h8-9,13H,2-7H2,1H3,(H2,11,14). The Hall–Kier alpha value is -0.190. The van der Waals surface area contributed by atoms with Gasteiger partial charge in [0.25, 0.3) is 0 Å². The summed E-state index contributed by atoms with van der Waals surface area (Å²) in [6.07, 6.45) is 3.82. The molecule has 0 amide bonds. The topological polar surface area (TPSA) is 49.5 Å². The van der Waals surface area contributed by atoms with E-state index in [9.17, 15) is 0 Å². The molecule has 3 N–H and O–H groups in total. The van der Waals surface area contributed by atoms with Crippen molar-refractivity contribution >= 4 is 17.2 Å². The van der Waals surface area contributed by atoms with E-state index >= 15 is 0 Å². The maximum atomic E-state index is 8.95. The van der Waals surface area contributed by atoms with E-state index < -0.39 is 0 Å². The van der Waals surface area contributed by atoms with Crippen molar-refractivity contribution in [2.75, 3.05) is 19.7 Å². The van der Waals surface area contributed by atoms with Gasteiger partial charge in [0.05, 0.1) is 11.6 Å². The fourth-order valence-corrected chi connectivity index (χ4v) is 1.82. The molecule has 4 heteroatoms. The van der Waals surface area contributed by atoms with Gasteiger partial charge in [-0.05, 0) is 12.8 Å². The van der Waals surface area contributed by atoms with Gasteiger partial charge in [-0.15, -0.1) is 0 Å². The van der Waals surface area contributed by atoms with Crippen molar-refractivity contribution in [1.82, 2.24) is 4.90 Å². The summed E-state index contributed by atoms with van der Waals surface area (Å²) in [7, 11) is 0. The molecule has 1 unspecified atom stereocenters. The summed E-state index contributed by atoms with van der Waals surface area (Å²) in [5, 5.41) is 8.95. The van der Waals surface area contributed by atoms with E-state index in [0.29, 0.717) is 11.0 Å². The molecule has 0 aromatic carbocycles. The number of hydrogen-bond acceptors (Lipinski definition) is 3. The zero-order chi connectivity index (χ0) is 10.6. The average molecular weight is 216 g/mol. The van der Waals surface area contributed by atoms with E-state index in [1.807, 2.05) is 6.92 Å². The molecule has 1 saturated carbocycles. The van der Waals surface area contributed by atoms with Gasteiger partial charge in [-0.1, -0.05) is 25.6 Å². The summed E-state index contributed by atoms with van der Waals surface area (Å²) in [4.78, 5) is 2.89. The monoisotopic (exact) mass is 216 g/mol. The molecule has 0 spiro atoms. The van der Waals surface area contributed by atoms with Gasteiger partial charge in [0, 0.05) is 25.0 Å². The first-order valence-electron chi connectivity index (χ1n) is 5.29. The average Bonchev–Trinajstić information content (AvgIpc) is 2.01. The van der Waals surface area contributed by atoms with Crippen LogP contribution < -0.4 is 5.73 Å². The summed E-state index contributed by atoms with van der Waals surface area (Å²) in [5.41, 5.74) is 5.58. The molecule has 0 aliphatic heterocycles. The number of thiocarbonyl (C=S) groups is 1. The molecule has 0 heterocycles. The summed E-state index contributed by atoms with van der Waals surface area (Å²) in [6, 6.07) is 0.652. The van der Waals surface area contributed by atoms with Crippen LogP contribution >= 0.6 is 12.2 Å². The molecule has 1 fully saturated rings. The number of rotatable bonds is 6. The highest BCUT2D eigenvalue weighted by molar-refractivity contribution is 7.80. The lowest BCUT2D eigenvalue weighted by atomic mass is 9.91. The Bertz CT molecular complexity index is 195. The first kappa shape index (κ1) is 11.9. The molecular formula is C10H20N2OS. The smallest absolute Gasteiger partial charge is 0.0768 e. The van der Waals surface area contributed by atoms with Crippen LogP contribution in [-0.2, 0) is 0 Å². The highest BCUT2D eigenvalue weighted by Crippen LogP contribution is 2.25. The largest absolute Gasteiger partial charge is 0.395 e. The molecule has 82 valence electrons. The molecule has 0 aromatic rings. The van der Waals surface area contributed by atoms with Gasteiger partial charge in [0.1, 0.15) is 0 Å². The molecule has 1 aliphatic rings. The minimum Gasteiger partial charge on any atom is -0.395 e. The van der Waals surface area contributed by atoms with Crippen molar-refractivity contribution in [1.29, 1.82) is 0 Å². The third-order valence-electron chi connectivity index (χ3n) is 2.97. The van der Waals surface area contributed by atoms with E-state index in [1.54, 1.807) is 0 Å². The summed E-state index contributed by atoms with van der Waals surface area (Å²) in [5.74, 6) is 0.247. The Labute approximate surface area is 91.3 Å². The molecule has 0 saturated heterocycles. The third kappa shape index (κ3) is 3.19. The zero-order valence-electron chi connectivity index (χ0n) is 8.78. The maximum Gasteiger partial charge on any atom is 0.0768 e. The van der Waals surface area contributed by atoms with Crippen molar-refractivity contribution in [3.05, 3.63) is 0 Å². The normalized spacial score (nSPS) is 19.4. The van der Waals surface area contributed by atoms with Gasteiger partial charge in [-0.3, -0.25) is 4.90 Å². The summed E-state index contributed by atoms with van der Waals surface area (Å²) in [6.45, 7) is 3.91. The second kappa shape index (κ2) is 5.63. The minimum absolute atomic E-state index is 0.223. The van der Waals surface area contributed by atoms with Crippen molar-refractivity contribution < 1.29 is 5.11 Å². The predicted molar refractivity (Wildman–Crippen MR) is 62.2 cm³/mol. The molecule has 1 atom stereocenters. The Balaban J connectivity index is 2.37. The van der Waals surface area contributed by atoms with Crippen molar-refractivity contribution in [3.8, 4) is 0 Å². The van der Waals surface area contributed by atoms with Crippen molar-refractivity contribution in [2.24, 2.45) is 11.7 Å². The Morgan fingerprint density at radius 3 is 2.64 bits per heavy atom. The quantitative estimate of drug-likeness (QED) is 0.644. The van der Waals surface area contributed by atoms with Crippen LogP contribution in [0.2, 0.25) is 0 Å². The van der Waals surface area contributed by atoms with Gasteiger partial charge in [0.15, 0.2) is 0 Å². The van der Waals surface area contributed by atoms with Crippen LogP contribution in [0.3, 0.4) is 0 Å². The van der Waals surface area contributed by atoms with Crippen molar-refractivity contribution in [2.45, 2.75) is 32.2 Å². The zero-order valence-corrected chi connectivity index (χ0v) is 9.59. The highest BCUT2D eigenvalue weighted by atomic mass is 32.1.